The first-order chi connectivity index (χ1) is 15.7. The van der Waals surface area contributed by atoms with Crippen molar-refractivity contribution in [2.75, 3.05) is 26.3 Å². The molecule has 1 heterocycles. The molecule has 1 aromatic heterocycles. The van der Waals surface area contributed by atoms with E-state index in [2.05, 4.69) is 26.3 Å². The molecule has 0 bridgehead atoms. The third-order valence-electron chi connectivity index (χ3n) is 4.59. The molecule has 0 aromatic carbocycles. The lowest BCUT2D eigenvalue weighted by Crippen LogP contribution is -2.43. The monoisotopic (exact) mass is 474 g/mol. The lowest BCUT2D eigenvalue weighted by Gasteiger charge is -2.17. The smallest absolute Gasteiger partial charge is 0.320 e. The highest BCUT2D eigenvalue weighted by Crippen LogP contribution is 2.00. The maximum atomic E-state index is 12.2. The fourth-order valence-corrected chi connectivity index (χ4v) is 2.87. The number of halogens is 1. The fraction of sp³-hybridized carbons (Fsp3) is 0.684. The van der Waals surface area contributed by atoms with Gasteiger partial charge < -0.3 is 31.3 Å². The Balaban J connectivity index is 2.26. The van der Waals surface area contributed by atoms with Crippen molar-refractivity contribution in [1.29, 1.82) is 0 Å². The Kier molecular flexibility index (Phi) is 13.2. The number of hydrogen-bond acceptors (Lipinski definition) is 8. The van der Waals surface area contributed by atoms with Crippen LogP contribution < -0.4 is 16.0 Å². The fourth-order valence-electron chi connectivity index (χ4n) is 2.87. The van der Waals surface area contributed by atoms with Crippen molar-refractivity contribution < 1.29 is 38.9 Å². The van der Waals surface area contributed by atoms with Gasteiger partial charge in [-0.05, 0) is 45.2 Å². The van der Waals surface area contributed by atoms with Crippen LogP contribution in [-0.2, 0) is 32.1 Å². The number of rotatable bonds is 19. The normalized spacial score (nSPS) is 12.8. The Morgan fingerprint density at radius 3 is 2.27 bits per heavy atom. The zero-order valence-corrected chi connectivity index (χ0v) is 18.2. The van der Waals surface area contributed by atoms with Crippen molar-refractivity contribution in [3.63, 3.8) is 0 Å². The Hall–Kier alpha value is -3.13. The number of alkyl halides is 1. The zero-order chi connectivity index (χ0) is 24.6. The predicted molar refractivity (Wildman–Crippen MR) is 112 cm³/mol. The minimum absolute atomic E-state index is 0.0356. The number of carboxylic acids is 3. The maximum absolute atomic E-state index is 12.2. The van der Waals surface area contributed by atoms with Gasteiger partial charge in [-0.3, -0.25) is 23.6 Å². The average molecular weight is 474 g/mol. The van der Waals surface area contributed by atoms with Crippen LogP contribution in [0.3, 0.4) is 0 Å². The molecule has 0 aliphatic heterocycles. The van der Waals surface area contributed by atoms with Crippen molar-refractivity contribution in [3.05, 3.63) is 11.9 Å². The number of aryl methyl sites for hydroxylation is 1. The number of aromatic nitrogens is 3. The van der Waals surface area contributed by atoms with Crippen molar-refractivity contribution in [2.24, 2.45) is 0 Å². The summed E-state index contributed by atoms with van der Waals surface area (Å²) in [6.07, 6.45) is 2.50. The van der Waals surface area contributed by atoms with Gasteiger partial charge in [0.15, 0.2) is 0 Å². The Morgan fingerprint density at radius 2 is 1.64 bits per heavy atom. The van der Waals surface area contributed by atoms with E-state index >= 15 is 0 Å². The van der Waals surface area contributed by atoms with E-state index in [1.165, 1.54) is 4.68 Å². The first-order valence-corrected chi connectivity index (χ1v) is 10.6. The largest absolute Gasteiger partial charge is 0.481 e. The van der Waals surface area contributed by atoms with Gasteiger partial charge >= 0.3 is 17.9 Å². The number of aliphatic carboxylic acids is 3. The average Bonchev–Trinajstić information content (AvgIpc) is 3.19. The number of carboxylic acid groups (broad SMARTS) is 3. The van der Waals surface area contributed by atoms with Crippen molar-refractivity contribution in [2.45, 2.75) is 57.2 Å². The number of hydrogen-bond donors (Lipinski definition) is 6. The van der Waals surface area contributed by atoms with E-state index in [0.29, 0.717) is 38.0 Å². The van der Waals surface area contributed by atoms with Crippen molar-refractivity contribution in [3.8, 4) is 0 Å². The molecule has 0 radical (unpaired) electrons. The second-order valence-electron chi connectivity index (χ2n) is 7.31. The summed E-state index contributed by atoms with van der Waals surface area (Å²) in [5.74, 6) is -3.71. The number of nitrogens with one attached hydrogen (secondary N) is 3. The molecule has 33 heavy (non-hydrogen) atoms. The van der Waals surface area contributed by atoms with Gasteiger partial charge in [-0.15, -0.1) is 5.10 Å². The molecule has 0 spiro atoms. The molecule has 14 heteroatoms. The van der Waals surface area contributed by atoms with E-state index in [0.717, 1.165) is 0 Å². The number of amides is 1. The van der Waals surface area contributed by atoms with Crippen LogP contribution in [0.15, 0.2) is 6.20 Å². The van der Waals surface area contributed by atoms with Crippen LogP contribution in [0.25, 0.3) is 0 Å². The van der Waals surface area contributed by atoms with E-state index < -0.39 is 36.7 Å². The maximum Gasteiger partial charge on any atom is 0.320 e. The van der Waals surface area contributed by atoms with Crippen LogP contribution in [0.2, 0.25) is 0 Å². The van der Waals surface area contributed by atoms with Crippen LogP contribution in [0.5, 0.6) is 0 Å². The van der Waals surface area contributed by atoms with Crippen LogP contribution in [0, 0.1) is 0 Å². The highest BCUT2D eigenvalue weighted by Gasteiger charge is 2.20. The van der Waals surface area contributed by atoms with E-state index in [4.69, 9.17) is 10.2 Å². The van der Waals surface area contributed by atoms with Crippen LogP contribution >= 0.6 is 0 Å². The Labute approximate surface area is 189 Å². The van der Waals surface area contributed by atoms with Crippen molar-refractivity contribution >= 4 is 23.8 Å². The quantitative estimate of drug-likeness (QED) is 0.135. The molecule has 13 nitrogen and oxygen atoms in total. The van der Waals surface area contributed by atoms with Gasteiger partial charge in [0, 0.05) is 19.2 Å². The van der Waals surface area contributed by atoms with E-state index in [1.807, 2.05) is 0 Å². The van der Waals surface area contributed by atoms with Crippen molar-refractivity contribution in [1.82, 2.24) is 30.9 Å². The molecular formula is C19H31FN6O7. The molecule has 0 aliphatic carbocycles. The zero-order valence-electron chi connectivity index (χ0n) is 18.2. The highest BCUT2D eigenvalue weighted by atomic mass is 19.1. The second kappa shape index (κ2) is 15.6. The van der Waals surface area contributed by atoms with Gasteiger partial charge in [-0.2, -0.15) is 0 Å². The molecule has 0 fully saturated rings. The third-order valence-corrected chi connectivity index (χ3v) is 4.59. The Bertz CT molecular complexity index is 776. The molecule has 0 saturated heterocycles. The Morgan fingerprint density at radius 1 is 0.970 bits per heavy atom. The molecule has 0 saturated carbocycles. The molecule has 1 aromatic rings. The van der Waals surface area contributed by atoms with Gasteiger partial charge in [0.1, 0.15) is 18.6 Å². The minimum Gasteiger partial charge on any atom is -0.481 e. The van der Waals surface area contributed by atoms with E-state index in [1.54, 1.807) is 6.20 Å². The number of carbonyl (C=O) groups excluding carboxylic acids is 1. The molecular weight excluding hydrogens is 443 g/mol. The summed E-state index contributed by atoms with van der Waals surface area (Å²) >= 11 is 0. The molecule has 6 N–H and O–H groups in total. The number of carbonyl (C=O) groups is 4. The van der Waals surface area contributed by atoms with Gasteiger partial charge in [0.05, 0.1) is 12.4 Å². The van der Waals surface area contributed by atoms with E-state index in [-0.39, 0.29) is 38.3 Å². The summed E-state index contributed by atoms with van der Waals surface area (Å²) in [5.41, 5.74) is 0.607. The number of nitrogens with zero attached hydrogens (tertiary/aromatic N) is 3. The highest BCUT2D eigenvalue weighted by molar-refractivity contribution is 5.76. The van der Waals surface area contributed by atoms with Crippen LogP contribution in [-0.4, -0.2) is 92.5 Å². The molecule has 0 aliphatic rings. The van der Waals surface area contributed by atoms with Crippen LogP contribution in [0.1, 0.15) is 37.8 Å². The summed E-state index contributed by atoms with van der Waals surface area (Å²) in [6, 6.07) is -2.00. The van der Waals surface area contributed by atoms with Crippen LogP contribution in [0.4, 0.5) is 4.39 Å². The molecule has 0 unspecified atom stereocenters. The SMILES string of the molecule is O=C(O)CC[C@H](NCC[C@@H](NCCCNC(=O)Cn1cc(CCCF)nn1)C(=O)O)C(=O)O. The second-order valence-corrected chi connectivity index (χ2v) is 7.31. The summed E-state index contributed by atoms with van der Waals surface area (Å²) in [6.45, 7) is 0.191. The van der Waals surface area contributed by atoms with E-state index in [9.17, 15) is 28.7 Å². The molecule has 1 amide bonds. The first kappa shape index (κ1) is 27.9. The van der Waals surface area contributed by atoms with Gasteiger partial charge in [0.25, 0.3) is 0 Å². The lowest BCUT2D eigenvalue weighted by atomic mass is 10.1. The first-order valence-electron chi connectivity index (χ1n) is 10.6. The van der Waals surface area contributed by atoms with Gasteiger partial charge in [0.2, 0.25) is 5.91 Å². The topological polar surface area (TPSA) is 196 Å². The summed E-state index contributed by atoms with van der Waals surface area (Å²) in [5, 5.41) is 42.9. The summed E-state index contributed by atoms with van der Waals surface area (Å²) in [4.78, 5) is 45.0. The molecule has 2 atom stereocenters. The summed E-state index contributed by atoms with van der Waals surface area (Å²) < 4.78 is 13.5. The molecule has 1 rings (SSSR count). The standard InChI is InChI=1S/C19H31FN6O7/c20-7-1-3-13-11-26(25-24-13)12-16(27)23-9-2-8-21-15(19(32)33)6-10-22-14(18(30)31)4-5-17(28)29/h11,14-15,21-22H,1-10,12H2,(H,23,27)(H,28,29)(H,30,31)(H,32,33)/t14-,15+/m0/s1. The third kappa shape index (κ3) is 12.5. The predicted octanol–water partition coefficient (Wildman–Crippen LogP) is -0.973. The van der Waals surface area contributed by atoms with Gasteiger partial charge in [-0.1, -0.05) is 5.21 Å². The summed E-state index contributed by atoms with van der Waals surface area (Å²) in [7, 11) is 0. The van der Waals surface area contributed by atoms with Gasteiger partial charge in [-0.25, -0.2) is 4.68 Å². The lowest BCUT2D eigenvalue weighted by molar-refractivity contribution is -0.141. The minimum atomic E-state index is -1.20. The molecule has 186 valence electrons.